The molecule has 20 heavy (non-hydrogen) atoms. The maximum absolute atomic E-state index is 13.7. The maximum atomic E-state index is 13.7. The molecule has 1 heterocycles. The Kier molecular flexibility index (Phi) is 2.89. The summed E-state index contributed by atoms with van der Waals surface area (Å²) in [5, 5.41) is 0. The van der Waals surface area contributed by atoms with E-state index in [1.807, 2.05) is 25.1 Å². The lowest BCUT2D eigenvalue weighted by atomic mass is 10.1. The standard InChI is InChI=1S/C15H12F2N2O/c1-8-3-6-12(20-2)9(7-8)15-18-11-5-4-10(16)13(17)14(11)19-15/h3-7H,1-2H3,(H,18,19). The predicted molar refractivity (Wildman–Crippen MR) is 72.7 cm³/mol. The van der Waals surface area contributed by atoms with Gasteiger partial charge in [0.2, 0.25) is 0 Å². The second kappa shape index (κ2) is 4.59. The van der Waals surface area contributed by atoms with Crippen LogP contribution in [0.4, 0.5) is 8.78 Å². The third-order valence-electron chi connectivity index (χ3n) is 3.16. The van der Waals surface area contributed by atoms with Crippen molar-refractivity contribution in [3.63, 3.8) is 0 Å². The second-order valence-electron chi connectivity index (χ2n) is 4.55. The van der Waals surface area contributed by atoms with E-state index in [1.165, 1.54) is 6.07 Å². The van der Waals surface area contributed by atoms with Crippen molar-refractivity contribution >= 4 is 11.0 Å². The highest BCUT2D eigenvalue weighted by molar-refractivity contribution is 5.81. The van der Waals surface area contributed by atoms with Crippen LogP contribution in [0.5, 0.6) is 5.75 Å². The van der Waals surface area contributed by atoms with Crippen LogP contribution in [0.1, 0.15) is 5.56 Å². The highest BCUT2D eigenvalue weighted by Crippen LogP contribution is 2.31. The molecule has 0 saturated heterocycles. The number of nitrogens with zero attached hydrogens (tertiary/aromatic N) is 1. The zero-order valence-corrected chi connectivity index (χ0v) is 11.0. The van der Waals surface area contributed by atoms with Gasteiger partial charge in [-0.15, -0.1) is 0 Å². The number of aromatic amines is 1. The summed E-state index contributed by atoms with van der Waals surface area (Å²) in [6.45, 7) is 1.94. The van der Waals surface area contributed by atoms with E-state index < -0.39 is 11.6 Å². The van der Waals surface area contributed by atoms with E-state index >= 15 is 0 Å². The van der Waals surface area contributed by atoms with Gasteiger partial charge < -0.3 is 9.72 Å². The van der Waals surface area contributed by atoms with Crippen LogP contribution in [0.2, 0.25) is 0 Å². The first-order valence-electron chi connectivity index (χ1n) is 6.09. The Morgan fingerprint density at radius 1 is 1.15 bits per heavy atom. The van der Waals surface area contributed by atoms with Gasteiger partial charge in [-0.2, -0.15) is 0 Å². The van der Waals surface area contributed by atoms with Crippen LogP contribution < -0.4 is 4.74 Å². The van der Waals surface area contributed by atoms with E-state index in [-0.39, 0.29) is 5.52 Å². The molecule has 3 nitrogen and oxygen atoms in total. The third-order valence-corrected chi connectivity index (χ3v) is 3.16. The molecule has 3 rings (SSSR count). The number of methoxy groups -OCH3 is 1. The summed E-state index contributed by atoms with van der Waals surface area (Å²) in [5.74, 6) is -0.788. The summed E-state index contributed by atoms with van der Waals surface area (Å²) < 4.78 is 32.2. The highest BCUT2D eigenvalue weighted by Gasteiger charge is 2.15. The summed E-state index contributed by atoms with van der Waals surface area (Å²) >= 11 is 0. The van der Waals surface area contributed by atoms with Gasteiger partial charge in [0.25, 0.3) is 0 Å². The molecule has 2 aromatic carbocycles. The van der Waals surface area contributed by atoms with Gasteiger partial charge in [-0.05, 0) is 31.2 Å². The van der Waals surface area contributed by atoms with E-state index in [0.29, 0.717) is 22.7 Å². The molecule has 0 radical (unpaired) electrons. The van der Waals surface area contributed by atoms with Gasteiger partial charge in [-0.3, -0.25) is 0 Å². The minimum atomic E-state index is -0.948. The third kappa shape index (κ3) is 1.91. The summed E-state index contributed by atoms with van der Waals surface area (Å²) in [4.78, 5) is 7.13. The lowest BCUT2D eigenvalue weighted by Crippen LogP contribution is -1.90. The first kappa shape index (κ1) is 12.6. The van der Waals surface area contributed by atoms with Crippen molar-refractivity contribution in [2.45, 2.75) is 6.92 Å². The smallest absolute Gasteiger partial charge is 0.186 e. The molecule has 0 aliphatic rings. The SMILES string of the molecule is COc1ccc(C)cc1-c1nc2c(F)c(F)ccc2[nH]1. The van der Waals surface area contributed by atoms with E-state index in [4.69, 9.17) is 4.74 Å². The fourth-order valence-corrected chi connectivity index (χ4v) is 2.15. The summed E-state index contributed by atoms with van der Waals surface area (Å²) in [6.07, 6.45) is 0. The zero-order valence-electron chi connectivity index (χ0n) is 11.0. The van der Waals surface area contributed by atoms with Crippen molar-refractivity contribution in [3.05, 3.63) is 47.5 Å². The molecule has 0 aliphatic carbocycles. The lowest BCUT2D eigenvalue weighted by Gasteiger charge is -2.06. The number of aryl methyl sites for hydroxylation is 1. The molecule has 1 N–H and O–H groups in total. The molecule has 0 spiro atoms. The van der Waals surface area contributed by atoms with Gasteiger partial charge >= 0.3 is 0 Å². The molecular weight excluding hydrogens is 262 g/mol. The molecule has 0 aliphatic heterocycles. The number of ether oxygens (including phenoxy) is 1. The van der Waals surface area contributed by atoms with Crippen LogP contribution >= 0.6 is 0 Å². The molecule has 5 heteroatoms. The monoisotopic (exact) mass is 274 g/mol. The fourth-order valence-electron chi connectivity index (χ4n) is 2.15. The number of benzene rings is 2. The maximum Gasteiger partial charge on any atom is 0.186 e. The number of aromatic nitrogens is 2. The number of fused-ring (bicyclic) bond motifs is 1. The van der Waals surface area contributed by atoms with E-state index in [2.05, 4.69) is 9.97 Å². The van der Waals surface area contributed by atoms with Gasteiger partial charge in [-0.25, -0.2) is 13.8 Å². The Balaban J connectivity index is 2.25. The van der Waals surface area contributed by atoms with Crippen LogP contribution in [0, 0.1) is 18.6 Å². The van der Waals surface area contributed by atoms with Crippen molar-refractivity contribution in [3.8, 4) is 17.1 Å². The van der Waals surface area contributed by atoms with E-state index in [0.717, 1.165) is 11.6 Å². The van der Waals surface area contributed by atoms with Gasteiger partial charge in [0.1, 0.15) is 17.1 Å². The molecule has 0 bridgehead atoms. The van der Waals surface area contributed by atoms with Crippen LogP contribution in [-0.4, -0.2) is 17.1 Å². The van der Waals surface area contributed by atoms with Crippen molar-refractivity contribution in [1.29, 1.82) is 0 Å². The largest absolute Gasteiger partial charge is 0.496 e. The topological polar surface area (TPSA) is 37.9 Å². The molecule has 0 unspecified atom stereocenters. The normalized spacial score (nSPS) is 11.0. The first-order valence-corrected chi connectivity index (χ1v) is 6.09. The van der Waals surface area contributed by atoms with Gasteiger partial charge in [0.05, 0.1) is 18.2 Å². The Hall–Kier alpha value is -2.43. The minimum absolute atomic E-state index is 0.0106. The molecular formula is C15H12F2N2O. The van der Waals surface area contributed by atoms with Crippen LogP contribution in [0.25, 0.3) is 22.4 Å². The fraction of sp³-hybridized carbons (Fsp3) is 0.133. The molecule has 0 amide bonds. The van der Waals surface area contributed by atoms with Gasteiger partial charge in [0.15, 0.2) is 11.6 Å². The van der Waals surface area contributed by atoms with Crippen molar-refractivity contribution in [1.82, 2.24) is 9.97 Å². The number of rotatable bonds is 2. The Morgan fingerprint density at radius 3 is 2.70 bits per heavy atom. The Morgan fingerprint density at radius 2 is 1.95 bits per heavy atom. The number of imidazole rings is 1. The van der Waals surface area contributed by atoms with Crippen molar-refractivity contribution in [2.24, 2.45) is 0 Å². The second-order valence-corrected chi connectivity index (χ2v) is 4.55. The van der Waals surface area contributed by atoms with Crippen molar-refractivity contribution in [2.75, 3.05) is 7.11 Å². The summed E-state index contributed by atoms with van der Waals surface area (Å²) in [6, 6.07) is 8.14. The van der Waals surface area contributed by atoms with E-state index in [1.54, 1.807) is 7.11 Å². The highest BCUT2D eigenvalue weighted by atomic mass is 19.2. The van der Waals surface area contributed by atoms with Crippen molar-refractivity contribution < 1.29 is 13.5 Å². The van der Waals surface area contributed by atoms with Crippen LogP contribution in [-0.2, 0) is 0 Å². The number of H-pyrrole nitrogens is 1. The summed E-state index contributed by atoms with van der Waals surface area (Å²) in [5.41, 5.74) is 2.17. The number of nitrogens with one attached hydrogen (secondary N) is 1. The number of halogens is 2. The first-order chi connectivity index (χ1) is 9.60. The number of hydrogen-bond donors (Lipinski definition) is 1. The summed E-state index contributed by atoms with van der Waals surface area (Å²) in [7, 11) is 1.55. The molecule has 0 fully saturated rings. The molecule has 1 aromatic heterocycles. The number of hydrogen-bond acceptors (Lipinski definition) is 2. The average Bonchev–Trinajstić information content (AvgIpc) is 2.88. The molecule has 102 valence electrons. The van der Waals surface area contributed by atoms with Gasteiger partial charge in [-0.1, -0.05) is 11.6 Å². The van der Waals surface area contributed by atoms with Gasteiger partial charge in [0, 0.05) is 0 Å². The average molecular weight is 274 g/mol. The van der Waals surface area contributed by atoms with Crippen LogP contribution in [0.3, 0.4) is 0 Å². The molecule has 0 atom stereocenters. The zero-order chi connectivity index (χ0) is 14.3. The minimum Gasteiger partial charge on any atom is -0.496 e. The quantitative estimate of drug-likeness (QED) is 0.771. The predicted octanol–water partition coefficient (Wildman–Crippen LogP) is 3.83. The molecule has 3 aromatic rings. The Labute approximate surface area is 114 Å². The Bertz CT molecular complexity index is 796. The molecule has 0 saturated carbocycles. The van der Waals surface area contributed by atoms with E-state index in [9.17, 15) is 8.78 Å². The lowest BCUT2D eigenvalue weighted by molar-refractivity contribution is 0.416. The van der Waals surface area contributed by atoms with Crippen LogP contribution in [0.15, 0.2) is 30.3 Å².